The Balaban J connectivity index is 1.38. The molecule has 1 aliphatic rings. The molecule has 6 heteroatoms. The van der Waals surface area contributed by atoms with Gasteiger partial charge in [-0.25, -0.2) is 4.98 Å². The molecule has 1 saturated heterocycles. The molecule has 0 aliphatic carbocycles. The number of hydrogen-bond acceptors (Lipinski definition) is 4. The lowest BCUT2D eigenvalue weighted by Crippen LogP contribution is -2.48. The zero-order valence-electron chi connectivity index (χ0n) is 13.7. The summed E-state index contributed by atoms with van der Waals surface area (Å²) in [7, 11) is 0. The maximum atomic E-state index is 12.6. The van der Waals surface area contributed by atoms with Crippen LogP contribution in [0.3, 0.4) is 0 Å². The minimum atomic E-state index is 0.0187. The van der Waals surface area contributed by atoms with Crippen molar-refractivity contribution in [1.29, 1.82) is 0 Å². The van der Waals surface area contributed by atoms with Crippen LogP contribution < -0.4 is 0 Å². The summed E-state index contributed by atoms with van der Waals surface area (Å²) in [5.41, 5.74) is 1.65. The summed E-state index contributed by atoms with van der Waals surface area (Å²) >= 11 is 7.89. The SMILES string of the molecule is O=C(c1ccccc1Cl)N1CCN(Cc2nc3ccccc3s2)CC1. The van der Waals surface area contributed by atoms with Gasteiger partial charge in [-0.2, -0.15) is 0 Å². The van der Waals surface area contributed by atoms with E-state index in [1.807, 2.05) is 29.2 Å². The predicted octanol–water partition coefficient (Wildman–Crippen LogP) is 3.91. The highest BCUT2D eigenvalue weighted by molar-refractivity contribution is 7.18. The molecule has 0 spiro atoms. The second-order valence-electron chi connectivity index (χ2n) is 6.12. The number of carbonyl (C=O) groups excluding carboxylic acids is 1. The van der Waals surface area contributed by atoms with E-state index < -0.39 is 0 Å². The lowest BCUT2D eigenvalue weighted by molar-refractivity contribution is 0.0628. The fraction of sp³-hybridized carbons (Fsp3) is 0.263. The van der Waals surface area contributed by atoms with Crippen LogP contribution >= 0.6 is 22.9 Å². The van der Waals surface area contributed by atoms with Gasteiger partial charge in [0, 0.05) is 26.2 Å². The molecule has 2 heterocycles. The number of rotatable bonds is 3. The number of carbonyl (C=O) groups is 1. The fourth-order valence-electron chi connectivity index (χ4n) is 3.09. The van der Waals surface area contributed by atoms with E-state index in [-0.39, 0.29) is 5.91 Å². The molecular formula is C19H18ClN3OS. The monoisotopic (exact) mass is 371 g/mol. The van der Waals surface area contributed by atoms with Crippen molar-refractivity contribution in [3.63, 3.8) is 0 Å². The minimum Gasteiger partial charge on any atom is -0.336 e. The molecular weight excluding hydrogens is 354 g/mol. The molecule has 25 heavy (non-hydrogen) atoms. The fourth-order valence-corrected chi connectivity index (χ4v) is 4.32. The average Bonchev–Trinajstić information content (AvgIpc) is 3.04. The van der Waals surface area contributed by atoms with Gasteiger partial charge in [-0.3, -0.25) is 9.69 Å². The average molecular weight is 372 g/mol. The van der Waals surface area contributed by atoms with Gasteiger partial charge in [-0.05, 0) is 24.3 Å². The van der Waals surface area contributed by atoms with Crippen LogP contribution in [0.4, 0.5) is 0 Å². The summed E-state index contributed by atoms with van der Waals surface area (Å²) in [4.78, 5) is 21.6. The molecule has 1 aromatic heterocycles. The zero-order chi connectivity index (χ0) is 17.2. The van der Waals surface area contributed by atoms with E-state index in [0.29, 0.717) is 10.6 Å². The number of fused-ring (bicyclic) bond motifs is 1. The molecule has 4 nitrogen and oxygen atoms in total. The second-order valence-corrected chi connectivity index (χ2v) is 7.65. The molecule has 3 aromatic rings. The second kappa shape index (κ2) is 7.12. The van der Waals surface area contributed by atoms with Crippen molar-refractivity contribution >= 4 is 39.1 Å². The highest BCUT2D eigenvalue weighted by atomic mass is 35.5. The number of para-hydroxylation sites is 1. The Morgan fingerprint density at radius 1 is 1.04 bits per heavy atom. The van der Waals surface area contributed by atoms with Crippen molar-refractivity contribution in [2.75, 3.05) is 26.2 Å². The number of hydrogen-bond donors (Lipinski definition) is 0. The summed E-state index contributed by atoms with van der Waals surface area (Å²) in [6.45, 7) is 3.98. The van der Waals surface area contributed by atoms with Crippen LogP contribution in [-0.4, -0.2) is 46.9 Å². The van der Waals surface area contributed by atoms with Gasteiger partial charge in [0.1, 0.15) is 5.01 Å². The Hall–Kier alpha value is -1.95. The predicted molar refractivity (Wildman–Crippen MR) is 102 cm³/mol. The van der Waals surface area contributed by atoms with Gasteiger partial charge < -0.3 is 4.90 Å². The molecule has 0 bridgehead atoms. The molecule has 1 fully saturated rings. The molecule has 2 aromatic carbocycles. The Labute approximate surface area is 155 Å². The van der Waals surface area contributed by atoms with E-state index in [1.54, 1.807) is 23.5 Å². The van der Waals surface area contributed by atoms with Crippen LogP contribution in [0.5, 0.6) is 0 Å². The van der Waals surface area contributed by atoms with Gasteiger partial charge >= 0.3 is 0 Å². The quantitative estimate of drug-likeness (QED) is 0.700. The summed E-state index contributed by atoms with van der Waals surface area (Å²) in [5, 5.41) is 1.65. The van der Waals surface area contributed by atoms with E-state index >= 15 is 0 Å². The molecule has 128 valence electrons. The maximum absolute atomic E-state index is 12.6. The number of piperazine rings is 1. The first-order valence-corrected chi connectivity index (χ1v) is 9.51. The van der Waals surface area contributed by atoms with Gasteiger partial charge in [-0.15, -0.1) is 11.3 Å². The number of aromatic nitrogens is 1. The van der Waals surface area contributed by atoms with Crippen molar-refractivity contribution in [2.24, 2.45) is 0 Å². The molecule has 1 amide bonds. The topological polar surface area (TPSA) is 36.4 Å². The summed E-state index contributed by atoms with van der Waals surface area (Å²) in [5.74, 6) is 0.0187. The highest BCUT2D eigenvalue weighted by Crippen LogP contribution is 2.23. The third-order valence-corrected chi connectivity index (χ3v) is 5.81. The molecule has 4 rings (SSSR count). The van der Waals surface area contributed by atoms with Crippen LogP contribution in [-0.2, 0) is 6.54 Å². The van der Waals surface area contributed by atoms with Crippen LogP contribution in [0.25, 0.3) is 10.2 Å². The number of amides is 1. The molecule has 0 radical (unpaired) electrons. The standard InChI is InChI=1S/C19H18ClN3OS/c20-15-6-2-1-5-14(15)19(24)23-11-9-22(10-12-23)13-18-21-16-7-3-4-8-17(16)25-18/h1-8H,9-13H2. The van der Waals surface area contributed by atoms with E-state index in [9.17, 15) is 4.79 Å². The number of nitrogens with zero attached hydrogens (tertiary/aromatic N) is 3. The van der Waals surface area contributed by atoms with Gasteiger partial charge in [0.25, 0.3) is 5.91 Å². The molecule has 0 unspecified atom stereocenters. The Morgan fingerprint density at radius 2 is 1.76 bits per heavy atom. The van der Waals surface area contributed by atoms with Crippen molar-refractivity contribution in [1.82, 2.24) is 14.8 Å². The van der Waals surface area contributed by atoms with Gasteiger partial charge in [0.15, 0.2) is 0 Å². The Bertz CT molecular complexity index is 869. The van der Waals surface area contributed by atoms with Crippen molar-refractivity contribution in [3.8, 4) is 0 Å². The first-order chi connectivity index (χ1) is 12.2. The Morgan fingerprint density at radius 3 is 2.52 bits per heavy atom. The van der Waals surface area contributed by atoms with Crippen molar-refractivity contribution < 1.29 is 4.79 Å². The van der Waals surface area contributed by atoms with Crippen LogP contribution in [0.15, 0.2) is 48.5 Å². The van der Waals surface area contributed by atoms with Gasteiger partial charge in [0.05, 0.1) is 27.3 Å². The van der Waals surface area contributed by atoms with Crippen LogP contribution in [0.2, 0.25) is 5.02 Å². The molecule has 0 atom stereocenters. The number of thiazole rings is 1. The molecule has 0 N–H and O–H groups in total. The minimum absolute atomic E-state index is 0.0187. The van der Waals surface area contributed by atoms with E-state index in [1.165, 1.54) is 4.70 Å². The van der Waals surface area contributed by atoms with Crippen molar-refractivity contribution in [2.45, 2.75) is 6.54 Å². The zero-order valence-corrected chi connectivity index (χ0v) is 15.3. The van der Waals surface area contributed by atoms with E-state index in [4.69, 9.17) is 16.6 Å². The smallest absolute Gasteiger partial charge is 0.255 e. The summed E-state index contributed by atoms with van der Waals surface area (Å²) in [6, 6.07) is 15.5. The molecule has 1 aliphatic heterocycles. The highest BCUT2D eigenvalue weighted by Gasteiger charge is 2.23. The van der Waals surface area contributed by atoms with E-state index in [0.717, 1.165) is 43.2 Å². The van der Waals surface area contributed by atoms with Gasteiger partial charge in [0.2, 0.25) is 0 Å². The maximum Gasteiger partial charge on any atom is 0.255 e. The lowest BCUT2D eigenvalue weighted by Gasteiger charge is -2.34. The summed E-state index contributed by atoms with van der Waals surface area (Å²) in [6.07, 6.45) is 0. The third-order valence-electron chi connectivity index (χ3n) is 4.46. The van der Waals surface area contributed by atoms with Crippen LogP contribution in [0, 0.1) is 0 Å². The first kappa shape index (κ1) is 16.5. The molecule has 0 saturated carbocycles. The first-order valence-electron chi connectivity index (χ1n) is 8.31. The van der Waals surface area contributed by atoms with E-state index in [2.05, 4.69) is 17.0 Å². The number of benzene rings is 2. The van der Waals surface area contributed by atoms with Crippen LogP contribution in [0.1, 0.15) is 15.4 Å². The number of halogens is 1. The lowest BCUT2D eigenvalue weighted by atomic mass is 10.2. The van der Waals surface area contributed by atoms with Gasteiger partial charge in [-0.1, -0.05) is 35.9 Å². The summed E-state index contributed by atoms with van der Waals surface area (Å²) < 4.78 is 1.23. The third kappa shape index (κ3) is 3.54. The largest absolute Gasteiger partial charge is 0.336 e. The normalized spacial score (nSPS) is 15.6. The van der Waals surface area contributed by atoms with Crippen molar-refractivity contribution in [3.05, 3.63) is 64.1 Å². The Kier molecular flexibility index (Phi) is 4.70.